The Morgan fingerprint density at radius 1 is 1.26 bits per heavy atom. The first-order valence-corrected chi connectivity index (χ1v) is 5.92. The molecule has 1 aromatic carbocycles. The second-order valence-electron chi connectivity index (χ2n) is 4.62. The molecule has 0 amide bonds. The van der Waals surface area contributed by atoms with Crippen LogP contribution in [-0.4, -0.2) is 54.6 Å². The van der Waals surface area contributed by atoms with Gasteiger partial charge < -0.3 is 10.0 Å². The lowest BCUT2D eigenvalue weighted by molar-refractivity contribution is -0.138. The molecule has 1 aromatic rings. The molecule has 0 unspecified atom stereocenters. The molecule has 0 bridgehead atoms. The van der Waals surface area contributed by atoms with Gasteiger partial charge in [-0.3, -0.25) is 9.69 Å². The summed E-state index contributed by atoms with van der Waals surface area (Å²) in [4.78, 5) is 14.2. The zero-order valence-electron chi connectivity index (χ0n) is 11.1. The number of likely N-dealkylation sites (N-methyl/N-ethyl adjacent to an activating group) is 1. The average Bonchev–Trinajstić information content (AvgIpc) is 2.31. The fourth-order valence-electron chi connectivity index (χ4n) is 1.66. The zero-order valence-corrected chi connectivity index (χ0v) is 11.1. The molecule has 0 fully saturated rings. The van der Waals surface area contributed by atoms with E-state index in [9.17, 15) is 13.6 Å². The van der Waals surface area contributed by atoms with E-state index in [1.165, 1.54) is 12.1 Å². The van der Waals surface area contributed by atoms with Crippen molar-refractivity contribution in [1.82, 2.24) is 9.80 Å². The van der Waals surface area contributed by atoms with Crippen LogP contribution in [0.2, 0.25) is 0 Å². The third kappa shape index (κ3) is 5.32. The first-order valence-electron chi connectivity index (χ1n) is 5.92. The molecule has 0 aliphatic carbocycles. The lowest BCUT2D eigenvalue weighted by Crippen LogP contribution is -2.35. The van der Waals surface area contributed by atoms with E-state index in [1.807, 2.05) is 19.0 Å². The maximum absolute atomic E-state index is 13.5. The molecule has 19 heavy (non-hydrogen) atoms. The van der Waals surface area contributed by atoms with Gasteiger partial charge in [0.2, 0.25) is 0 Å². The van der Waals surface area contributed by atoms with E-state index in [4.69, 9.17) is 5.11 Å². The third-order valence-electron chi connectivity index (χ3n) is 2.65. The van der Waals surface area contributed by atoms with Gasteiger partial charge in [0, 0.05) is 25.2 Å². The van der Waals surface area contributed by atoms with Gasteiger partial charge in [0.1, 0.15) is 0 Å². The van der Waals surface area contributed by atoms with Crippen LogP contribution < -0.4 is 0 Å². The van der Waals surface area contributed by atoms with E-state index in [-0.39, 0.29) is 18.7 Å². The van der Waals surface area contributed by atoms with E-state index >= 15 is 0 Å². The van der Waals surface area contributed by atoms with Crippen molar-refractivity contribution in [3.8, 4) is 0 Å². The maximum atomic E-state index is 13.5. The Kier molecular flexibility index (Phi) is 5.85. The van der Waals surface area contributed by atoms with E-state index in [0.717, 1.165) is 6.07 Å². The van der Waals surface area contributed by atoms with Crippen LogP contribution in [-0.2, 0) is 11.3 Å². The molecule has 4 nitrogen and oxygen atoms in total. The highest BCUT2D eigenvalue weighted by molar-refractivity contribution is 5.69. The normalized spacial score (nSPS) is 11.3. The van der Waals surface area contributed by atoms with E-state index in [2.05, 4.69) is 0 Å². The fraction of sp³-hybridized carbons (Fsp3) is 0.462. The monoisotopic (exact) mass is 272 g/mol. The minimum absolute atomic E-state index is 0.0731. The molecule has 0 aromatic heterocycles. The summed E-state index contributed by atoms with van der Waals surface area (Å²) >= 11 is 0. The lowest BCUT2D eigenvalue weighted by Gasteiger charge is -2.22. The molecule has 0 aliphatic rings. The Morgan fingerprint density at radius 3 is 2.53 bits per heavy atom. The van der Waals surface area contributed by atoms with Crippen molar-refractivity contribution in [3.63, 3.8) is 0 Å². The van der Waals surface area contributed by atoms with Crippen molar-refractivity contribution >= 4 is 5.97 Å². The summed E-state index contributed by atoms with van der Waals surface area (Å²) in [6.45, 7) is 0.979. The Hall–Kier alpha value is -1.53. The Morgan fingerprint density at radius 2 is 1.95 bits per heavy atom. The first-order chi connectivity index (χ1) is 8.90. The van der Waals surface area contributed by atoms with E-state index < -0.39 is 17.6 Å². The van der Waals surface area contributed by atoms with Gasteiger partial charge in [-0.1, -0.05) is 12.1 Å². The van der Waals surface area contributed by atoms with E-state index in [1.54, 1.807) is 4.90 Å². The highest BCUT2D eigenvalue weighted by atomic mass is 19.2. The topological polar surface area (TPSA) is 43.8 Å². The van der Waals surface area contributed by atoms with Crippen LogP contribution in [0.3, 0.4) is 0 Å². The molecule has 0 atom stereocenters. The fourth-order valence-corrected chi connectivity index (χ4v) is 1.66. The number of carbonyl (C=O) groups is 1. The summed E-state index contributed by atoms with van der Waals surface area (Å²) in [5.74, 6) is -2.82. The summed E-state index contributed by atoms with van der Waals surface area (Å²) in [5, 5.41) is 8.83. The van der Waals surface area contributed by atoms with Crippen molar-refractivity contribution in [1.29, 1.82) is 0 Å². The summed E-state index contributed by atoms with van der Waals surface area (Å²) < 4.78 is 26.6. The van der Waals surface area contributed by atoms with Gasteiger partial charge in [0.15, 0.2) is 11.6 Å². The number of halogens is 2. The van der Waals surface area contributed by atoms with Gasteiger partial charge in [-0.2, -0.15) is 0 Å². The van der Waals surface area contributed by atoms with Crippen LogP contribution >= 0.6 is 0 Å². The summed E-state index contributed by atoms with van der Waals surface area (Å²) in [6, 6.07) is 3.92. The molecule has 0 aliphatic heterocycles. The van der Waals surface area contributed by atoms with Crippen molar-refractivity contribution in [2.75, 3.05) is 33.7 Å². The third-order valence-corrected chi connectivity index (χ3v) is 2.65. The number of aliphatic carboxylic acids is 1. The SMILES string of the molecule is CN(C)CCN(CC(=O)O)Cc1cccc(F)c1F. The molecule has 0 saturated heterocycles. The Balaban J connectivity index is 2.75. The smallest absolute Gasteiger partial charge is 0.317 e. The molecular formula is C13H18F2N2O2. The summed E-state index contributed by atoms with van der Waals surface area (Å²) in [6.07, 6.45) is 0. The minimum Gasteiger partial charge on any atom is -0.480 e. The van der Waals surface area contributed by atoms with Crippen LogP contribution in [0.5, 0.6) is 0 Å². The number of hydrogen-bond acceptors (Lipinski definition) is 3. The summed E-state index contributed by atoms with van der Waals surface area (Å²) in [7, 11) is 3.73. The molecule has 1 rings (SSSR count). The number of benzene rings is 1. The highest BCUT2D eigenvalue weighted by Crippen LogP contribution is 2.13. The first kappa shape index (κ1) is 15.5. The predicted molar refractivity (Wildman–Crippen MR) is 67.8 cm³/mol. The van der Waals surface area contributed by atoms with Crippen LogP contribution in [0, 0.1) is 11.6 Å². The molecular weight excluding hydrogens is 254 g/mol. The number of carboxylic acid groups (broad SMARTS) is 1. The van der Waals surface area contributed by atoms with Crippen LogP contribution in [0.25, 0.3) is 0 Å². The average molecular weight is 272 g/mol. The standard InChI is InChI=1S/C13H18F2N2O2/c1-16(2)6-7-17(9-12(18)19)8-10-4-3-5-11(14)13(10)15/h3-5H,6-9H2,1-2H3,(H,18,19). The molecule has 6 heteroatoms. The van der Waals surface area contributed by atoms with Gasteiger partial charge >= 0.3 is 5.97 Å². The Bertz CT molecular complexity index is 439. The van der Waals surface area contributed by atoms with Crippen molar-refractivity contribution in [2.24, 2.45) is 0 Å². The minimum atomic E-state index is -0.990. The highest BCUT2D eigenvalue weighted by Gasteiger charge is 2.14. The quantitative estimate of drug-likeness (QED) is 0.815. The maximum Gasteiger partial charge on any atom is 0.317 e. The van der Waals surface area contributed by atoms with Gasteiger partial charge in [0.25, 0.3) is 0 Å². The molecule has 0 spiro atoms. The number of rotatable bonds is 7. The number of hydrogen-bond donors (Lipinski definition) is 1. The van der Waals surface area contributed by atoms with Crippen molar-refractivity contribution in [3.05, 3.63) is 35.4 Å². The number of carboxylic acids is 1. The second-order valence-corrected chi connectivity index (χ2v) is 4.62. The predicted octanol–water partition coefficient (Wildman–Crippen LogP) is 1.41. The van der Waals surface area contributed by atoms with Gasteiger partial charge in [-0.15, -0.1) is 0 Å². The molecule has 0 radical (unpaired) electrons. The van der Waals surface area contributed by atoms with Crippen LogP contribution in [0.1, 0.15) is 5.56 Å². The van der Waals surface area contributed by atoms with Gasteiger partial charge in [-0.25, -0.2) is 8.78 Å². The largest absolute Gasteiger partial charge is 0.480 e. The van der Waals surface area contributed by atoms with Gasteiger partial charge in [0.05, 0.1) is 6.54 Å². The van der Waals surface area contributed by atoms with E-state index in [0.29, 0.717) is 13.1 Å². The zero-order chi connectivity index (χ0) is 14.4. The van der Waals surface area contributed by atoms with Gasteiger partial charge in [-0.05, 0) is 20.2 Å². The Labute approximate surface area is 111 Å². The van der Waals surface area contributed by atoms with Crippen LogP contribution in [0.4, 0.5) is 8.78 Å². The number of nitrogens with zero attached hydrogens (tertiary/aromatic N) is 2. The second kappa shape index (κ2) is 7.16. The lowest BCUT2D eigenvalue weighted by atomic mass is 10.2. The molecule has 0 saturated carbocycles. The molecule has 106 valence electrons. The van der Waals surface area contributed by atoms with Crippen LogP contribution in [0.15, 0.2) is 18.2 Å². The summed E-state index contributed by atoms with van der Waals surface area (Å²) in [5.41, 5.74) is 0.167. The molecule has 0 heterocycles. The van der Waals surface area contributed by atoms with Crippen molar-refractivity contribution in [2.45, 2.75) is 6.54 Å². The van der Waals surface area contributed by atoms with Crippen molar-refractivity contribution < 1.29 is 18.7 Å². The molecule has 1 N–H and O–H groups in total.